The fraction of sp³-hybridized carbons (Fsp3) is 0.125. The van der Waals surface area contributed by atoms with Crippen LogP contribution in [0.4, 0.5) is 13.2 Å². The van der Waals surface area contributed by atoms with Crippen molar-refractivity contribution in [2.24, 2.45) is 0 Å². The van der Waals surface area contributed by atoms with Crippen LogP contribution < -0.4 is 0 Å². The van der Waals surface area contributed by atoms with Gasteiger partial charge in [-0.1, -0.05) is 60.1 Å². The van der Waals surface area contributed by atoms with Crippen LogP contribution >= 0.6 is 11.6 Å². The summed E-state index contributed by atoms with van der Waals surface area (Å²) in [5.74, 6) is 0. The van der Waals surface area contributed by atoms with Crippen molar-refractivity contribution in [1.82, 2.24) is 0 Å². The highest BCUT2D eigenvalue weighted by atomic mass is 35.5. The van der Waals surface area contributed by atoms with Crippen molar-refractivity contribution < 1.29 is 18.3 Å². The Morgan fingerprint density at radius 1 is 0.905 bits per heavy atom. The Hall–Kier alpha value is -1.78. The first-order valence-corrected chi connectivity index (χ1v) is 6.50. The molecule has 0 fully saturated rings. The monoisotopic (exact) mass is 312 g/mol. The van der Waals surface area contributed by atoms with Gasteiger partial charge in [0.1, 0.15) is 0 Å². The van der Waals surface area contributed by atoms with Gasteiger partial charge in [-0.25, -0.2) is 0 Å². The van der Waals surface area contributed by atoms with Crippen LogP contribution in [-0.2, 0) is 5.60 Å². The first-order chi connectivity index (χ1) is 9.83. The molecule has 2 aromatic carbocycles. The third-order valence-corrected chi connectivity index (χ3v) is 3.29. The molecule has 0 aliphatic rings. The van der Waals surface area contributed by atoms with Crippen molar-refractivity contribution in [2.45, 2.75) is 11.8 Å². The first-order valence-electron chi connectivity index (χ1n) is 6.12. The summed E-state index contributed by atoms with van der Waals surface area (Å²) in [7, 11) is 0. The Morgan fingerprint density at radius 3 is 2.00 bits per heavy atom. The number of alkyl halides is 3. The molecule has 0 aliphatic carbocycles. The standard InChI is InChI=1S/C16H12ClF3O/c17-14-8-6-13(7-9-14)15(21,16(18,19)20)11-10-12-4-2-1-3-5-12/h1-11,21H/b11-10+. The fourth-order valence-corrected chi connectivity index (χ4v) is 1.97. The molecular weight excluding hydrogens is 301 g/mol. The van der Waals surface area contributed by atoms with E-state index in [1.807, 2.05) is 0 Å². The molecule has 1 N–H and O–H groups in total. The molecule has 0 aromatic heterocycles. The highest BCUT2D eigenvalue weighted by Gasteiger charge is 2.53. The van der Waals surface area contributed by atoms with E-state index in [0.29, 0.717) is 10.6 Å². The Kier molecular flexibility index (Phi) is 4.40. The maximum atomic E-state index is 13.3. The zero-order chi connectivity index (χ0) is 15.5. The van der Waals surface area contributed by atoms with Gasteiger partial charge in [-0.3, -0.25) is 0 Å². The normalized spacial score (nSPS) is 15.1. The van der Waals surface area contributed by atoms with Crippen LogP contribution in [0.3, 0.4) is 0 Å². The summed E-state index contributed by atoms with van der Waals surface area (Å²) in [6.45, 7) is 0. The molecule has 1 unspecified atom stereocenters. The van der Waals surface area contributed by atoms with Crippen molar-refractivity contribution in [3.8, 4) is 0 Å². The van der Waals surface area contributed by atoms with Gasteiger partial charge in [0.2, 0.25) is 5.60 Å². The lowest BCUT2D eigenvalue weighted by molar-refractivity contribution is -0.244. The maximum absolute atomic E-state index is 13.3. The molecule has 0 radical (unpaired) electrons. The summed E-state index contributed by atoms with van der Waals surface area (Å²) in [6.07, 6.45) is -2.86. The number of aliphatic hydroxyl groups is 1. The van der Waals surface area contributed by atoms with Crippen LogP contribution in [-0.4, -0.2) is 11.3 Å². The van der Waals surface area contributed by atoms with Gasteiger partial charge in [0.15, 0.2) is 0 Å². The number of halogens is 4. The largest absolute Gasteiger partial charge is 0.425 e. The molecule has 110 valence electrons. The molecule has 0 spiro atoms. The first kappa shape index (κ1) is 15.6. The van der Waals surface area contributed by atoms with Gasteiger partial charge in [-0.05, 0) is 29.3 Å². The van der Waals surface area contributed by atoms with Gasteiger partial charge >= 0.3 is 6.18 Å². The van der Waals surface area contributed by atoms with Gasteiger partial charge in [0.25, 0.3) is 0 Å². The molecule has 0 saturated carbocycles. The van der Waals surface area contributed by atoms with E-state index in [4.69, 9.17) is 11.6 Å². The van der Waals surface area contributed by atoms with Crippen LogP contribution in [0.2, 0.25) is 5.02 Å². The Balaban J connectivity index is 2.43. The van der Waals surface area contributed by atoms with Gasteiger partial charge in [0, 0.05) is 5.02 Å². The molecule has 0 heterocycles. The minimum Gasteiger partial charge on any atom is -0.373 e. The van der Waals surface area contributed by atoms with Gasteiger partial charge in [-0.2, -0.15) is 13.2 Å². The summed E-state index contributed by atoms with van der Waals surface area (Å²) < 4.78 is 39.8. The van der Waals surface area contributed by atoms with E-state index >= 15 is 0 Å². The van der Waals surface area contributed by atoms with Crippen LogP contribution in [0, 0.1) is 0 Å². The molecule has 21 heavy (non-hydrogen) atoms. The Bertz CT molecular complexity index is 620. The summed E-state index contributed by atoms with van der Waals surface area (Å²) in [6, 6.07) is 13.4. The lowest BCUT2D eigenvalue weighted by Gasteiger charge is -2.28. The summed E-state index contributed by atoms with van der Waals surface area (Å²) in [5.41, 5.74) is -2.78. The number of hydrogen-bond donors (Lipinski definition) is 1. The minimum absolute atomic E-state index is 0.286. The molecule has 1 atom stereocenters. The zero-order valence-corrected chi connectivity index (χ0v) is 11.6. The van der Waals surface area contributed by atoms with Crippen molar-refractivity contribution in [3.05, 3.63) is 76.8 Å². The predicted octanol–water partition coefficient (Wildman–Crippen LogP) is 4.80. The topological polar surface area (TPSA) is 20.2 Å². The third kappa shape index (κ3) is 3.46. The smallest absolute Gasteiger partial charge is 0.373 e. The third-order valence-electron chi connectivity index (χ3n) is 3.03. The van der Waals surface area contributed by atoms with Crippen LogP contribution in [0.15, 0.2) is 60.7 Å². The molecule has 0 bridgehead atoms. The maximum Gasteiger partial charge on any atom is 0.425 e. The lowest BCUT2D eigenvalue weighted by atomic mass is 9.92. The second-order valence-corrected chi connectivity index (χ2v) is 4.95. The van der Waals surface area contributed by atoms with Crippen LogP contribution in [0.5, 0.6) is 0 Å². The fourth-order valence-electron chi connectivity index (χ4n) is 1.84. The van der Waals surface area contributed by atoms with E-state index in [0.717, 1.165) is 18.2 Å². The summed E-state index contributed by atoms with van der Waals surface area (Å²) >= 11 is 5.67. The number of rotatable bonds is 3. The van der Waals surface area contributed by atoms with Crippen molar-refractivity contribution in [2.75, 3.05) is 0 Å². The van der Waals surface area contributed by atoms with Crippen LogP contribution in [0.25, 0.3) is 6.08 Å². The van der Waals surface area contributed by atoms with E-state index in [1.165, 1.54) is 18.2 Å². The molecule has 5 heteroatoms. The summed E-state index contributed by atoms with van der Waals surface area (Å²) in [4.78, 5) is 0. The quantitative estimate of drug-likeness (QED) is 0.863. The SMILES string of the molecule is OC(/C=C/c1ccccc1)(c1ccc(Cl)cc1)C(F)(F)F. The van der Waals surface area contributed by atoms with Crippen molar-refractivity contribution in [3.63, 3.8) is 0 Å². The van der Waals surface area contributed by atoms with E-state index in [-0.39, 0.29) is 5.56 Å². The average Bonchev–Trinajstić information content (AvgIpc) is 2.45. The van der Waals surface area contributed by atoms with Gasteiger partial charge in [-0.15, -0.1) is 0 Å². The molecule has 2 aromatic rings. The zero-order valence-electron chi connectivity index (χ0n) is 10.8. The lowest BCUT2D eigenvalue weighted by Crippen LogP contribution is -2.40. The van der Waals surface area contributed by atoms with Gasteiger partial charge in [0.05, 0.1) is 0 Å². The Morgan fingerprint density at radius 2 is 1.48 bits per heavy atom. The molecule has 0 amide bonds. The van der Waals surface area contributed by atoms with Crippen molar-refractivity contribution in [1.29, 1.82) is 0 Å². The molecule has 0 aliphatic heterocycles. The van der Waals surface area contributed by atoms with E-state index in [9.17, 15) is 18.3 Å². The highest BCUT2D eigenvalue weighted by molar-refractivity contribution is 6.30. The highest BCUT2D eigenvalue weighted by Crippen LogP contribution is 2.40. The van der Waals surface area contributed by atoms with Gasteiger partial charge < -0.3 is 5.11 Å². The summed E-state index contributed by atoms with van der Waals surface area (Å²) in [5, 5.41) is 10.4. The second-order valence-electron chi connectivity index (χ2n) is 4.52. The van der Waals surface area contributed by atoms with E-state index in [2.05, 4.69) is 0 Å². The average molecular weight is 313 g/mol. The number of hydrogen-bond acceptors (Lipinski definition) is 1. The second kappa shape index (κ2) is 5.92. The minimum atomic E-state index is -4.84. The molecular formula is C16H12ClF3O. The Labute approximate surface area is 125 Å². The van der Waals surface area contributed by atoms with E-state index < -0.39 is 11.8 Å². The molecule has 0 saturated heterocycles. The van der Waals surface area contributed by atoms with Crippen LogP contribution in [0.1, 0.15) is 11.1 Å². The van der Waals surface area contributed by atoms with E-state index in [1.54, 1.807) is 30.3 Å². The molecule has 1 nitrogen and oxygen atoms in total. The molecule has 2 rings (SSSR count). The predicted molar refractivity (Wildman–Crippen MR) is 76.9 cm³/mol. The van der Waals surface area contributed by atoms with Crippen molar-refractivity contribution >= 4 is 17.7 Å². The number of benzene rings is 2.